The molecule has 1 unspecified atom stereocenters. The molecule has 0 spiro atoms. The van der Waals surface area contributed by atoms with Gasteiger partial charge in [-0.05, 0) is 52.6 Å². The zero-order valence-corrected chi connectivity index (χ0v) is 23.2. The van der Waals surface area contributed by atoms with Crippen molar-refractivity contribution in [1.82, 2.24) is 10.2 Å². The number of halogens is 1. The zero-order valence-electron chi connectivity index (χ0n) is 23.2. The van der Waals surface area contributed by atoms with E-state index in [9.17, 15) is 14.0 Å². The lowest BCUT2D eigenvalue weighted by molar-refractivity contribution is -0.141. The van der Waals surface area contributed by atoms with Crippen molar-refractivity contribution < 1.29 is 14.0 Å². The van der Waals surface area contributed by atoms with Crippen LogP contribution in [0, 0.1) is 5.82 Å². The first kappa shape index (κ1) is 29.1. The third-order valence-electron chi connectivity index (χ3n) is 6.81. The largest absolute Gasteiger partial charge is 0.354 e. The second-order valence-electron chi connectivity index (χ2n) is 10.9. The number of nitrogens with zero attached hydrogens (tertiary/aromatic N) is 1. The van der Waals surface area contributed by atoms with Crippen LogP contribution in [0.15, 0.2) is 78.9 Å². The fourth-order valence-electron chi connectivity index (χ4n) is 4.41. The topological polar surface area (TPSA) is 49.4 Å². The molecule has 0 aliphatic heterocycles. The Morgan fingerprint density at radius 1 is 0.868 bits per heavy atom. The Bertz CT molecular complexity index is 1150. The predicted molar refractivity (Wildman–Crippen MR) is 152 cm³/mol. The quantitative estimate of drug-likeness (QED) is 0.275. The zero-order chi connectivity index (χ0) is 27.5. The fraction of sp³-hybridized carbons (Fsp3) is 0.394. The summed E-state index contributed by atoms with van der Waals surface area (Å²) in [5, 5.41) is 3.04. The molecule has 3 aromatic carbocycles. The minimum atomic E-state index is -0.671. The highest BCUT2D eigenvalue weighted by Gasteiger charge is 2.30. The first-order valence-electron chi connectivity index (χ1n) is 13.6. The first-order valence-corrected chi connectivity index (χ1v) is 13.6. The van der Waals surface area contributed by atoms with Crippen molar-refractivity contribution in [1.29, 1.82) is 0 Å². The molecule has 0 heterocycles. The second-order valence-corrected chi connectivity index (χ2v) is 10.9. The lowest BCUT2D eigenvalue weighted by atomic mass is 9.86. The average molecular weight is 517 g/mol. The summed E-state index contributed by atoms with van der Waals surface area (Å²) in [4.78, 5) is 28.9. The summed E-state index contributed by atoms with van der Waals surface area (Å²) in [7, 11) is 0. The van der Waals surface area contributed by atoms with Crippen LogP contribution in [0.2, 0.25) is 0 Å². The van der Waals surface area contributed by atoms with Crippen molar-refractivity contribution in [2.24, 2.45) is 0 Å². The highest BCUT2D eigenvalue weighted by molar-refractivity contribution is 5.88. The molecule has 0 aliphatic rings. The lowest BCUT2D eigenvalue weighted by Crippen LogP contribution is -2.50. The third kappa shape index (κ3) is 8.83. The van der Waals surface area contributed by atoms with E-state index < -0.39 is 6.04 Å². The van der Waals surface area contributed by atoms with Crippen molar-refractivity contribution >= 4 is 11.8 Å². The maximum atomic E-state index is 13.8. The summed E-state index contributed by atoms with van der Waals surface area (Å²) < 4.78 is 13.6. The molecule has 0 saturated carbocycles. The molecule has 4 nitrogen and oxygen atoms in total. The van der Waals surface area contributed by atoms with E-state index in [1.165, 1.54) is 17.7 Å². The van der Waals surface area contributed by atoms with Crippen LogP contribution < -0.4 is 5.32 Å². The summed E-state index contributed by atoms with van der Waals surface area (Å²) in [5.41, 5.74) is 4.17. The lowest BCUT2D eigenvalue weighted by Gasteiger charge is -2.32. The van der Waals surface area contributed by atoms with Gasteiger partial charge in [-0.2, -0.15) is 0 Å². The van der Waals surface area contributed by atoms with Crippen LogP contribution in [0.3, 0.4) is 0 Å². The Hall–Kier alpha value is -3.47. The Labute approximate surface area is 227 Å². The molecule has 0 radical (unpaired) electrons. The smallest absolute Gasteiger partial charge is 0.243 e. The Morgan fingerprint density at radius 2 is 1.50 bits per heavy atom. The Balaban J connectivity index is 1.85. The first-order chi connectivity index (χ1) is 18.2. The standard InChI is InChI=1S/C33H41FN2O2/c1-5-6-22-35-32(38)30(23-26-10-8-7-9-11-26)36(24-27-14-19-29(34)20-15-27)31(37)21-16-25-12-17-28(18-13-25)33(2,3)4/h7-15,17-20,30H,5-6,16,21-24H2,1-4H3,(H,35,38). The van der Waals surface area contributed by atoms with Crippen LogP contribution in [-0.4, -0.2) is 29.3 Å². The number of aryl methyl sites for hydroxylation is 1. The van der Waals surface area contributed by atoms with Gasteiger partial charge in [-0.25, -0.2) is 4.39 Å². The Kier molecular flexibility index (Phi) is 10.6. The SMILES string of the molecule is CCCCNC(=O)C(Cc1ccccc1)N(Cc1ccc(F)cc1)C(=O)CCc1ccc(C(C)(C)C)cc1. The van der Waals surface area contributed by atoms with Gasteiger partial charge in [-0.1, -0.05) is 101 Å². The fourth-order valence-corrected chi connectivity index (χ4v) is 4.41. The van der Waals surface area contributed by atoms with Gasteiger partial charge in [-0.15, -0.1) is 0 Å². The Morgan fingerprint density at radius 3 is 2.11 bits per heavy atom. The number of hydrogen-bond donors (Lipinski definition) is 1. The van der Waals surface area contributed by atoms with Gasteiger partial charge < -0.3 is 10.2 Å². The minimum absolute atomic E-state index is 0.0656. The summed E-state index contributed by atoms with van der Waals surface area (Å²) in [6.45, 7) is 9.41. The molecule has 38 heavy (non-hydrogen) atoms. The minimum Gasteiger partial charge on any atom is -0.354 e. The van der Waals surface area contributed by atoms with Gasteiger partial charge in [0.15, 0.2) is 0 Å². The molecule has 0 aliphatic carbocycles. The average Bonchev–Trinajstić information content (AvgIpc) is 2.90. The maximum absolute atomic E-state index is 13.8. The number of carbonyl (C=O) groups excluding carboxylic acids is 2. The van der Waals surface area contributed by atoms with E-state index in [1.807, 2.05) is 30.3 Å². The second kappa shape index (κ2) is 13.9. The molecule has 1 N–H and O–H groups in total. The van der Waals surface area contributed by atoms with Crippen molar-refractivity contribution in [2.75, 3.05) is 6.54 Å². The van der Waals surface area contributed by atoms with Gasteiger partial charge in [0.05, 0.1) is 0 Å². The highest BCUT2D eigenvalue weighted by atomic mass is 19.1. The van der Waals surface area contributed by atoms with E-state index in [2.05, 4.69) is 57.3 Å². The number of hydrogen-bond acceptors (Lipinski definition) is 2. The van der Waals surface area contributed by atoms with Crippen LogP contribution >= 0.6 is 0 Å². The molecule has 3 rings (SSSR count). The van der Waals surface area contributed by atoms with Gasteiger partial charge in [0, 0.05) is 25.9 Å². The van der Waals surface area contributed by atoms with E-state index in [0.717, 1.165) is 29.5 Å². The number of benzene rings is 3. The van der Waals surface area contributed by atoms with Gasteiger partial charge >= 0.3 is 0 Å². The van der Waals surface area contributed by atoms with Crippen LogP contribution in [0.1, 0.15) is 69.2 Å². The van der Waals surface area contributed by atoms with E-state index >= 15 is 0 Å². The number of amides is 2. The molecule has 202 valence electrons. The van der Waals surface area contributed by atoms with Crippen molar-refractivity contribution in [3.63, 3.8) is 0 Å². The maximum Gasteiger partial charge on any atom is 0.243 e. The molecule has 0 saturated heterocycles. The molecular formula is C33H41FN2O2. The van der Waals surface area contributed by atoms with Crippen LogP contribution in [0.25, 0.3) is 0 Å². The van der Waals surface area contributed by atoms with Crippen LogP contribution in [-0.2, 0) is 34.4 Å². The molecule has 0 bridgehead atoms. The number of rotatable bonds is 12. The van der Waals surface area contributed by atoms with Gasteiger partial charge in [0.25, 0.3) is 0 Å². The van der Waals surface area contributed by atoms with Gasteiger partial charge in [0.2, 0.25) is 11.8 Å². The van der Waals surface area contributed by atoms with E-state index in [-0.39, 0.29) is 36.0 Å². The molecule has 3 aromatic rings. The third-order valence-corrected chi connectivity index (χ3v) is 6.81. The van der Waals surface area contributed by atoms with E-state index in [4.69, 9.17) is 0 Å². The summed E-state index contributed by atoms with van der Waals surface area (Å²) in [5.74, 6) is -0.587. The highest BCUT2D eigenvalue weighted by Crippen LogP contribution is 2.23. The van der Waals surface area contributed by atoms with E-state index in [0.29, 0.717) is 19.4 Å². The van der Waals surface area contributed by atoms with Crippen LogP contribution in [0.5, 0.6) is 0 Å². The molecule has 5 heteroatoms. The van der Waals surface area contributed by atoms with Gasteiger partial charge in [-0.3, -0.25) is 9.59 Å². The molecule has 2 amide bonds. The molecular weight excluding hydrogens is 475 g/mol. The molecule has 1 atom stereocenters. The van der Waals surface area contributed by atoms with Crippen molar-refractivity contribution in [3.8, 4) is 0 Å². The molecule has 0 fully saturated rings. The summed E-state index contributed by atoms with van der Waals surface area (Å²) in [6.07, 6.45) is 3.12. The number of nitrogens with one attached hydrogen (secondary N) is 1. The number of unbranched alkanes of at least 4 members (excludes halogenated alkanes) is 1. The predicted octanol–water partition coefficient (Wildman–Crippen LogP) is 6.61. The van der Waals surface area contributed by atoms with Crippen molar-refractivity contribution in [2.45, 2.75) is 77.8 Å². The number of carbonyl (C=O) groups is 2. The summed E-state index contributed by atoms with van der Waals surface area (Å²) >= 11 is 0. The molecule has 0 aromatic heterocycles. The summed E-state index contributed by atoms with van der Waals surface area (Å²) in [6, 6.07) is 23.6. The van der Waals surface area contributed by atoms with Crippen LogP contribution in [0.4, 0.5) is 4.39 Å². The monoisotopic (exact) mass is 516 g/mol. The normalized spacial score (nSPS) is 12.1. The van der Waals surface area contributed by atoms with Gasteiger partial charge in [0.1, 0.15) is 11.9 Å². The van der Waals surface area contributed by atoms with Crippen molar-refractivity contribution in [3.05, 3.63) is 107 Å². The van der Waals surface area contributed by atoms with E-state index in [1.54, 1.807) is 17.0 Å².